The minimum absolute atomic E-state index is 0.201. The third-order valence-electron chi connectivity index (χ3n) is 4.25. The Kier molecular flexibility index (Phi) is 4.61. The molecule has 3 nitrogen and oxygen atoms in total. The molecular weight excluding hydrogens is 276 g/mol. The van der Waals surface area contributed by atoms with Crippen LogP contribution < -0.4 is 0 Å². The molecule has 0 bridgehead atoms. The number of carbonyl (C=O) groups is 1. The van der Waals surface area contributed by atoms with Crippen molar-refractivity contribution >= 4 is 5.91 Å². The molecule has 1 aromatic rings. The molecule has 2 rings (SSSR count). The van der Waals surface area contributed by atoms with Crippen LogP contribution in [0.2, 0.25) is 0 Å². The van der Waals surface area contributed by atoms with Crippen molar-refractivity contribution < 1.29 is 18.7 Å². The monoisotopic (exact) mass is 297 g/mol. The predicted molar refractivity (Wildman–Crippen MR) is 75.8 cm³/mol. The number of carbonyl (C=O) groups excluding carboxylic acids is 1. The Hall–Kier alpha value is -1.49. The van der Waals surface area contributed by atoms with Crippen molar-refractivity contribution in [2.75, 3.05) is 13.6 Å². The van der Waals surface area contributed by atoms with E-state index in [4.69, 9.17) is 0 Å². The first-order chi connectivity index (χ1) is 9.84. The van der Waals surface area contributed by atoms with Gasteiger partial charge in [-0.25, -0.2) is 8.78 Å². The van der Waals surface area contributed by atoms with Crippen molar-refractivity contribution in [2.24, 2.45) is 0 Å². The third-order valence-corrected chi connectivity index (χ3v) is 4.25. The highest BCUT2D eigenvalue weighted by Crippen LogP contribution is 2.31. The maximum Gasteiger partial charge on any atom is 0.229 e. The minimum Gasteiger partial charge on any atom is -0.388 e. The molecule has 0 spiro atoms. The molecule has 1 saturated carbocycles. The molecule has 1 fully saturated rings. The molecule has 5 heteroatoms. The topological polar surface area (TPSA) is 40.5 Å². The summed E-state index contributed by atoms with van der Waals surface area (Å²) in [6, 6.07) is 3.57. The molecule has 116 valence electrons. The number of amides is 1. The van der Waals surface area contributed by atoms with Crippen molar-refractivity contribution in [3.63, 3.8) is 0 Å². The van der Waals surface area contributed by atoms with Crippen molar-refractivity contribution in [1.82, 2.24) is 4.90 Å². The Morgan fingerprint density at radius 3 is 2.38 bits per heavy atom. The Morgan fingerprint density at radius 1 is 1.33 bits per heavy atom. The Morgan fingerprint density at radius 2 is 1.86 bits per heavy atom. The first-order valence-corrected chi connectivity index (χ1v) is 7.25. The zero-order valence-corrected chi connectivity index (χ0v) is 12.4. The molecule has 21 heavy (non-hydrogen) atoms. The van der Waals surface area contributed by atoms with Crippen molar-refractivity contribution in [2.45, 2.75) is 44.1 Å². The Labute approximate surface area is 123 Å². The summed E-state index contributed by atoms with van der Waals surface area (Å²) in [5.74, 6) is -2.74. The van der Waals surface area contributed by atoms with Gasteiger partial charge in [0.05, 0.1) is 11.5 Å². The molecule has 0 aromatic heterocycles. The van der Waals surface area contributed by atoms with Gasteiger partial charge in [-0.2, -0.15) is 0 Å². The van der Waals surface area contributed by atoms with Crippen LogP contribution in [0.5, 0.6) is 0 Å². The van der Waals surface area contributed by atoms with Crippen molar-refractivity contribution in [3.8, 4) is 0 Å². The third kappa shape index (κ3) is 3.40. The van der Waals surface area contributed by atoms with Crippen LogP contribution in [-0.2, 0) is 4.79 Å². The largest absolute Gasteiger partial charge is 0.388 e. The molecule has 1 unspecified atom stereocenters. The molecule has 1 N–H and O–H groups in total. The normalized spacial score (nSPS) is 18.5. The standard InChI is InChI=1S/C16H21F2NO2/c1-11(14-12(17)6-5-7-13(14)18)15(20)19(2)10-16(21)8-3-4-9-16/h5-7,11,21H,3-4,8-10H2,1-2H3. The molecular formula is C16H21F2NO2. The second kappa shape index (κ2) is 6.10. The second-order valence-electron chi connectivity index (χ2n) is 5.98. The van der Waals surface area contributed by atoms with Crippen LogP contribution in [0.15, 0.2) is 18.2 Å². The number of benzene rings is 1. The van der Waals surface area contributed by atoms with Crippen molar-refractivity contribution in [1.29, 1.82) is 0 Å². The summed E-state index contributed by atoms with van der Waals surface area (Å²) in [6.45, 7) is 1.69. The van der Waals surface area contributed by atoms with Crippen LogP contribution in [0.1, 0.15) is 44.1 Å². The summed E-state index contributed by atoms with van der Waals surface area (Å²) in [5.41, 5.74) is -1.08. The lowest BCUT2D eigenvalue weighted by atomic mass is 9.96. The summed E-state index contributed by atoms with van der Waals surface area (Å²) < 4.78 is 27.5. The van der Waals surface area contributed by atoms with Crippen molar-refractivity contribution in [3.05, 3.63) is 35.4 Å². The van der Waals surface area contributed by atoms with Gasteiger partial charge < -0.3 is 10.0 Å². The van der Waals surface area contributed by atoms with E-state index in [-0.39, 0.29) is 18.0 Å². The summed E-state index contributed by atoms with van der Waals surface area (Å²) in [5, 5.41) is 10.3. The van der Waals surface area contributed by atoms with Gasteiger partial charge >= 0.3 is 0 Å². The zero-order chi connectivity index (χ0) is 15.6. The van der Waals surface area contributed by atoms with Gasteiger partial charge in [0.25, 0.3) is 0 Å². The van der Waals surface area contributed by atoms with Gasteiger partial charge in [-0.15, -0.1) is 0 Å². The van der Waals surface area contributed by atoms with E-state index in [2.05, 4.69) is 0 Å². The van der Waals surface area contributed by atoms with E-state index in [0.717, 1.165) is 25.0 Å². The van der Waals surface area contributed by atoms with E-state index in [1.165, 1.54) is 17.9 Å². The van der Waals surface area contributed by atoms with E-state index >= 15 is 0 Å². The maximum absolute atomic E-state index is 13.7. The number of rotatable bonds is 4. The van der Waals surface area contributed by atoms with Gasteiger partial charge in [0.1, 0.15) is 11.6 Å². The fraction of sp³-hybridized carbons (Fsp3) is 0.562. The Balaban J connectivity index is 2.11. The quantitative estimate of drug-likeness (QED) is 0.928. The summed E-state index contributed by atoms with van der Waals surface area (Å²) in [6.07, 6.45) is 3.20. The van der Waals surface area contributed by atoms with E-state index in [9.17, 15) is 18.7 Å². The summed E-state index contributed by atoms with van der Waals surface area (Å²) in [4.78, 5) is 13.7. The average molecular weight is 297 g/mol. The SMILES string of the molecule is CC(C(=O)N(C)CC1(O)CCCC1)c1c(F)cccc1F. The van der Waals surface area contributed by atoms with Crippen LogP contribution in [0, 0.1) is 11.6 Å². The number of likely N-dealkylation sites (N-methyl/N-ethyl adjacent to an activating group) is 1. The first-order valence-electron chi connectivity index (χ1n) is 7.25. The number of aliphatic hydroxyl groups is 1. The second-order valence-corrected chi connectivity index (χ2v) is 5.98. The van der Waals surface area contributed by atoms with Crippen LogP contribution in [0.25, 0.3) is 0 Å². The summed E-state index contributed by atoms with van der Waals surface area (Å²) in [7, 11) is 1.56. The van der Waals surface area contributed by atoms with Crippen LogP contribution in [0.4, 0.5) is 8.78 Å². The number of hydrogen-bond donors (Lipinski definition) is 1. The van der Waals surface area contributed by atoms with Crippen LogP contribution in [-0.4, -0.2) is 35.1 Å². The molecule has 0 saturated heterocycles. The van der Waals surface area contributed by atoms with Gasteiger partial charge in [-0.1, -0.05) is 18.9 Å². The van der Waals surface area contributed by atoms with E-state index in [0.29, 0.717) is 12.8 Å². The number of halogens is 2. The molecule has 0 radical (unpaired) electrons. The molecule has 0 heterocycles. The zero-order valence-electron chi connectivity index (χ0n) is 12.4. The maximum atomic E-state index is 13.7. The minimum atomic E-state index is -0.916. The lowest BCUT2D eigenvalue weighted by molar-refractivity contribution is -0.134. The molecule has 1 amide bonds. The first kappa shape index (κ1) is 15.9. The molecule has 1 atom stereocenters. The van der Waals surface area contributed by atoms with Gasteiger partial charge in [-0.05, 0) is 31.9 Å². The number of nitrogens with zero attached hydrogens (tertiary/aromatic N) is 1. The van der Waals surface area contributed by atoms with E-state index < -0.39 is 23.2 Å². The molecule has 1 aromatic carbocycles. The highest BCUT2D eigenvalue weighted by molar-refractivity contribution is 5.83. The highest BCUT2D eigenvalue weighted by atomic mass is 19.1. The van der Waals surface area contributed by atoms with E-state index in [1.807, 2.05) is 0 Å². The lowest BCUT2D eigenvalue weighted by Crippen LogP contribution is -2.43. The molecule has 0 aliphatic heterocycles. The highest BCUT2D eigenvalue weighted by Gasteiger charge is 2.35. The number of hydrogen-bond acceptors (Lipinski definition) is 2. The molecule has 1 aliphatic carbocycles. The predicted octanol–water partition coefficient (Wildman–Crippen LogP) is 2.83. The Bertz CT molecular complexity index is 507. The van der Waals surface area contributed by atoms with Gasteiger partial charge in [-0.3, -0.25) is 4.79 Å². The van der Waals surface area contributed by atoms with Gasteiger partial charge in [0.2, 0.25) is 5.91 Å². The summed E-state index contributed by atoms with van der Waals surface area (Å²) >= 11 is 0. The van der Waals surface area contributed by atoms with Gasteiger partial charge in [0, 0.05) is 19.2 Å². The van der Waals surface area contributed by atoms with Gasteiger partial charge in [0.15, 0.2) is 0 Å². The fourth-order valence-corrected chi connectivity index (χ4v) is 3.09. The van der Waals surface area contributed by atoms with Crippen LogP contribution >= 0.6 is 0 Å². The molecule has 1 aliphatic rings. The van der Waals surface area contributed by atoms with Crippen LogP contribution in [0.3, 0.4) is 0 Å². The smallest absolute Gasteiger partial charge is 0.229 e. The lowest BCUT2D eigenvalue weighted by Gasteiger charge is -2.30. The van der Waals surface area contributed by atoms with E-state index in [1.54, 1.807) is 7.05 Å². The fourth-order valence-electron chi connectivity index (χ4n) is 3.09. The average Bonchev–Trinajstić information content (AvgIpc) is 2.83.